The number of carbonyl (C=O) groups excluding carboxylic acids is 1. The quantitative estimate of drug-likeness (QED) is 0.731. The number of rotatable bonds is 7. The lowest BCUT2D eigenvalue weighted by Gasteiger charge is -2.17. The first-order valence-corrected chi connectivity index (χ1v) is 7.81. The van der Waals surface area contributed by atoms with E-state index in [1.807, 2.05) is 0 Å². The standard InChI is InChI=1S/C19H22O7/c1-10(11-6-13(23-2)18(21)14(7-11)24-3)17(20)12-8-15(25-4)19(22)16(9-12)26-5/h6-10,21-22H,1-5H3. The Hall–Kier alpha value is -3.09. The van der Waals surface area contributed by atoms with E-state index in [4.69, 9.17) is 18.9 Å². The van der Waals surface area contributed by atoms with Crippen LogP contribution >= 0.6 is 0 Å². The third kappa shape index (κ3) is 3.46. The summed E-state index contributed by atoms with van der Waals surface area (Å²) >= 11 is 0. The van der Waals surface area contributed by atoms with Crippen LogP contribution in [0.2, 0.25) is 0 Å². The molecule has 1 unspecified atom stereocenters. The summed E-state index contributed by atoms with van der Waals surface area (Å²) in [5.74, 6) is -0.409. The van der Waals surface area contributed by atoms with E-state index in [1.165, 1.54) is 40.6 Å². The fourth-order valence-corrected chi connectivity index (χ4v) is 2.60. The lowest BCUT2D eigenvalue weighted by Crippen LogP contribution is -2.11. The molecule has 7 heteroatoms. The van der Waals surface area contributed by atoms with Gasteiger partial charge in [0.25, 0.3) is 0 Å². The van der Waals surface area contributed by atoms with Crippen molar-refractivity contribution >= 4 is 5.78 Å². The van der Waals surface area contributed by atoms with Crippen LogP contribution < -0.4 is 18.9 Å². The van der Waals surface area contributed by atoms with Crippen LogP contribution in [0.3, 0.4) is 0 Å². The number of phenols is 2. The minimum absolute atomic E-state index is 0.133. The van der Waals surface area contributed by atoms with Crippen LogP contribution in [0.15, 0.2) is 24.3 Å². The van der Waals surface area contributed by atoms with Crippen molar-refractivity contribution in [3.63, 3.8) is 0 Å². The molecule has 2 aromatic rings. The summed E-state index contributed by atoms with van der Waals surface area (Å²) in [6, 6.07) is 6.06. The number of hydrogen-bond donors (Lipinski definition) is 2. The van der Waals surface area contributed by atoms with Crippen LogP contribution in [0.5, 0.6) is 34.5 Å². The number of aromatic hydroxyl groups is 2. The Morgan fingerprint density at radius 3 is 1.46 bits per heavy atom. The molecule has 0 aliphatic heterocycles. The molecule has 0 saturated carbocycles. The predicted octanol–water partition coefficient (Wildman–Crippen LogP) is 3.12. The number of ketones is 1. The van der Waals surface area contributed by atoms with Gasteiger partial charge in [0.1, 0.15) is 0 Å². The molecule has 2 rings (SSSR count). The zero-order chi connectivity index (χ0) is 19.4. The molecule has 2 aromatic carbocycles. The summed E-state index contributed by atoms with van der Waals surface area (Å²) in [4.78, 5) is 12.9. The van der Waals surface area contributed by atoms with E-state index in [9.17, 15) is 15.0 Å². The maximum Gasteiger partial charge on any atom is 0.200 e. The molecule has 140 valence electrons. The normalized spacial score (nSPS) is 11.6. The number of Topliss-reactive ketones (excluding diaryl/α,β-unsaturated/α-hetero) is 1. The van der Waals surface area contributed by atoms with Gasteiger partial charge in [-0.15, -0.1) is 0 Å². The van der Waals surface area contributed by atoms with Crippen molar-refractivity contribution in [2.24, 2.45) is 0 Å². The molecular formula is C19H22O7. The second-order valence-corrected chi connectivity index (χ2v) is 5.59. The van der Waals surface area contributed by atoms with Crippen LogP contribution in [0, 0.1) is 0 Å². The van der Waals surface area contributed by atoms with Crippen molar-refractivity contribution in [1.29, 1.82) is 0 Å². The average Bonchev–Trinajstić information content (AvgIpc) is 2.67. The molecule has 2 N–H and O–H groups in total. The first-order chi connectivity index (χ1) is 12.4. The summed E-state index contributed by atoms with van der Waals surface area (Å²) in [5, 5.41) is 20.0. The summed E-state index contributed by atoms with van der Waals surface area (Å²) in [5.41, 5.74) is 0.919. The second-order valence-electron chi connectivity index (χ2n) is 5.59. The molecule has 0 aliphatic carbocycles. The van der Waals surface area contributed by atoms with E-state index in [1.54, 1.807) is 19.1 Å². The van der Waals surface area contributed by atoms with E-state index in [0.717, 1.165) is 0 Å². The molecule has 0 aliphatic rings. The Bertz CT molecular complexity index is 764. The van der Waals surface area contributed by atoms with E-state index in [2.05, 4.69) is 0 Å². The van der Waals surface area contributed by atoms with Gasteiger partial charge in [0.05, 0.1) is 28.4 Å². The second kappa shape index (κ2) is 7.86. The fourth-order valence-electron chi connectivity index (χ4n) is 2.60. The van der Waals surface area contributed by atoms with Crippen molar-refractivity contribution in [3.05, 3.63) is 35.4 Å². The summed E-state index contributed by atoms with van der Waals surface area (Å²) in [6.45, 7) is 1.72. The van der Waals surface area contributed by atoms with Crippen molar-refractivity contribution in [2.75, 3.05) is 28.4 Å². The monoisotopic (exact) mass is 362 g/mol. The molecule has 0 heterocycles. The summed E-state index contributed by atoms with van der Waals surface area (Å²) in [6.07, 6.45) is 0. The SMILES string of the molecule is COc1cc(C(=O)C(C)c2cc(OC)c(O)c(OC)c2)cc(OC)c1O. The first kappa shape index (κ1) is 19.2. The molecule has 7 nitrogen and oxygen atoms in total. The third-order valence-electron chi connectivity index (χ3n) is 4.16. The number of phenolic OH excluding ortho intramolecular Hbond substituents is 2. The van der Waals surface area contributed by atoms with Gasteiger partial charge in [0.2, 0.25) is 11.5 Å². The van der Waals surface area contributed by atoms with Crippen molar-refractivity contribution in [3.8, 4) is 34.5 Å². The van der Waals surface area contributed by atoms with Gasteiger partial charge in [0.15, 0.2) is 28.8 Å². The van der Waals surface area contributed by atoms with Crippen LogP contribution in [-0.2, 0) is 0 Å². The molecule has 0 fully saturated rings. The Labute approximate surface area is 151 Å². The molecule has 0 radical (unpaired) electrons. The topological polar surface area (TPSA) is 94.5 Å². The van der Waals surface area contributed by atoms with Gasteiger partial charge < -0.3 is 29.2 Å². The van der Waals surface area contributed by atoms with Gasteiger partial charge in [-0.25, -0.2) is 0 Å². The summed E-state index contributed by atoms with van der Waals surface area (Å²) in [7, 11) is 5.62. The van der Waals surface area contributed by atoms with Crippen molar-refractivity contribution in [2.45, 2.75) is 12.8 Å². The number of benzene rings is 2. The third-order valence-corrected chi connectivity index (χ3v) is 4.16. The van der Waals surface area contributed by atoms with E-state index in [-0.39, 0.29) is 40.3 Å². The van der Waals surface area contributed by atoms with Crippen molar-refractivity contribution in [1.82, 2.24) is 0 Å². The highest BCUT2D eigenvalue weighted by atomic mass is 16.5. The van der Waals surface area contributed by atoms with Gasteiger partial charge in [-0.05, 0) is 29.8 Å². The van der Waals surface area contributed by atoms with Gasteiger partial charge >= 0.3 is 0 Å². The van der Waals surface area contributed by atoms with Crippen LogP contribution in [0.4, 0.5) is 0 Å². The molecule has 0 aromatic heterocycles. The lowest BCUT2D eigenvalue weighted by molar-refractivity contribution is 0.0965. The van der Waals surface area contributed by atoms with Gasteiger partial charge in [0, 0.05) is 11.5 Å². The largest absolute Gasteiger partial charge is 0.502 e. The Balaban J connectivity index is 2.48. The maximum atomic E-state index is 12.9. The van der Waals surface area contributed by atoms with E-state index < -0.39 is 5.92 Å². The molecule has 0 saturated heterocycles. The zero-order valence-electron chi connectivity index (χ0n) is 15.3. The van der Waals surface area contributed by atoms with Crippen LogP contribution in [-0.4, -0.2) is 44.4 Å². The fraction of sp³-hybridized carbons (Fsp3) is 0.316. The Morgan fingerprint density at radius 1 is 0.769 bits per heavy atom. The molecule has 26 heavy (non-hydrogen) atoms. The summed E-state index contributed by atoms with van der Waals surface area (Å²) < 4.78 is 20.5. The average molecular weight is 362 g/mol. The highest BCUT2D eigenvalue weighted by Crippen LogP contribution is 2.41. The molecular weight excluding hydrogens is 340 g/mol. The number of methoxy groups -OCH3 is 4. The molecule has 0 bridgehead atoms. The Morgan fingerprint density at radius 2 is 1.12 bits per heavy atom. The minimum Gasteiger partial charge on any atom is -0.502 e. The van der Waals surface area contributed by atoms with Gasteiger partial charge in [-0.2, -0.15) is 0 Å². The number of carbonyl (C=O) groups is 1. The molecule has 0 amide bonds. The van der Waals surface area contributed by atoms with E-state index in [0.29, 0.717) is 11.1 Å². The first-order valence-electron chi connectivity index (χ1n) is 7.81. The molecule has 0 spiro atoms. The minimum atomic E-state index is -0.572. The lowest BCUT2D eigenvalue weighted by atomic mass is 9.91. The maximum absolute atomic E-state index is 12.9. The van der Waals surface area contributed by atoms with Crippen LogP contribution in [0.1, 0.15) is 28.8 Å². The van der Waals surface area contributed by atoms with Gasteiger partial charge in [-0.3, -0.25) is 4.79 Å². The zero-order valence-corrected chi connectivity index (χ0v) is 15.3. The van der Waals surface area contributed by atoms with Crippen LogP contribution in [0.25, 0.3) is 0 Å². The Kier molecular flexibility index (Phi) is 5.82. The van der Waals surface area contributed by atoms with E-state index >= 15 is 0 Å². The smallest absolute Gasteiger partial charge is 0.200 e. The van der Waals surface area contributed by atoms with Gasteiger partial charge in [-0.1, -0.05) is 6.92 Å². The highest BCUT2D eigenvalue weighted by Gasteiger charge is 2.23. The van der Waals surface area contributed by atoms with Crippen molar-refractivity contribution < 1.29 is 34.0 Å². The number of ether oxygens (including phenoxy) is 4. The highest BCUT2D eigenvalue weighted by molar-refractivity contribution is 6.02. The predicted molar refractivity (Wildman–Crippen MR) is 95.2 cm³/mol. The molecule has 1 atom stereocenters. The number of hydrogen-bond acceptors (Lipinski definition) is 7.